The highest BCUT2D eigenvalue weighted by Crippen LogP contribution is 2.52. The number of nitrogens with zero attached hydrogens (tertiary/aromatic N) is 1. The van der Waals surface area contributed by atoms with Crippen molar-refractivity contribution in [2.24, 2.45) is 16.1 Å². The van der Waals surface area contributed by atoms with Gasteiger partial charge in [0, 0.05) is 28.0 Å². The lowest BCUT2D eigenvalue weighted by Gasteiger charge is -2.34. The summed E-state index contributed by atoms with van der Waals surface area (Å²) >= 11 is 5.29. The van der Waals surface area contributed by atoms with Crippen LogP contribution in [0, 0.1) is 5.41 Å². The van der Waals surface area contributed by atoms with Crippen molar-refractivity contribution in [2.75, 3.05) is 13.2 Å². The number of thiocarbonyl (C=S) groups is 1. The maximum Gasteiger partial charge on any atom is 0.283 e. The molecular weight excluding hydrogens is 470 g/mol. The van der Waals surface area contributed by atoms with Gasteiger partial charge in [-0.15, -0.1) is 0 Å². The third-order valence-electron chi connectivity index (χ3n) is 6.09. The van der Waals surface area contributed by atoms with Gasteiger partial charge in [0.1, 0.15) is 23.9 Å². The van der Waals surface area contributed by atoms with E-state index in [4.69, 9.17) is 37.2 Å². The number of fused-ring (bicyclic) bond motifs is 4. The van der Waals surface area contributed by atoms with Crippen LogP contribution in [-0.4, -0.2) is 30.5 Å². The van der Waals surface area contributed by atoms with E-state index in [0.717, 1.165) is 16.7 Å². The van der Waals surface area contributed by atoms with Crippen LogP contribution in [0.15, 0.2) is 59.1 Å². The molecule has 1 spiro atoms. The third kappa shape index (κ3) is 4.43. The van der Waals surface area contributed by atoms with E-state index in [1.165, 1.54) is 6.08 Å². The molecule has 5 nitrogen and oxygen atoms in total. The van der Waals surface area contributed by atoms with Crippen molar-refractivity contribution >= 4 is 28.7 Å². The van der Waals surface area contributed by atoms with E-state index in [1.807, 2.05) is 36.4 Å². The van der Waals surface area contributed by atoms with Gasteiger partial charge in [-0.05, 0) is 59.0 Å². The molecule has 0 bridgehead atoms. The average molecular weight is 497 g/mol. The smallest absolute Gasteiger partial charge is 0.283 e. The highest BCUT2D eigenvalue weighted by atomic mass is 32.1. The summed E-state index contributed by atoms with van der Waals surface area (Å²) in [6.07, 6.45) is 0.797. The number of halogens is 2. The van der Waals surface area contributed by atoms with E-state index in [0.29, 0.717) is 34.3 Å². The molecule has 8 heteroatoms. The number of hydrogen-bond donors (Lipinski definition) is 1. The van der Waals surface area contributed by atoms with Crippen LogP contribution < -0.4 is 15.2 Å². The van der Waals surface area contributed by atoms with E-state index >= 15 is 0 Å². The minimum atomic E-state index is -2.56. The second-order valence-electron chi connectivity index (χ2n) is 10.2. The molecule has 1 aliphatic carbocycles. The second-order valence-corrected chi connectivity index (χ2v) is 10.7. The van der Waals surface area contributed by atoms with Gasteiger partial charge in [0.2, 0.25) is 0 Å². The summed E-state index contributed by atoms with van der Waals surface area (Å²) in [5, 5.41) is 0. The molecule has 0 radical (unpaired) electrons. The Labute approximate surface area is 208 Å². The van der Waals surface area contributed by atoms with Gasteiger partial charge in [0.25, 0.3) is 12.4 Å². The van der Waals surface area contributed by atoms with Crippen LogP contribution in [0.25, 0.3) is 5.57 Å². The van der Waals surface area contributed by atoms with Gasteiger partial charge >= 0.3 is 0 Å². The number of benzene rings is 2. The molecule has 5 rings (SSSR count). The fourth-order valence-corrected chi connectivity index (χ4v) is 4.72. The Morgan fingerprint density at radius 2 is 1.83 bits per heavy atom. The summed E-state index contributed by atoms with van der Waals surface area (Å²) in [5.74, 6) is 1.92. The Kier molecular flexibility index (Phi) is 5.67. The third-order valence-corrected chi connectivity index (χ3v) is 6.36. The second kappa shape index (κ2) is 8.45. The van der Waals surface area contributed by atoms with E-state index in [9.17, 15) is 8.78 Å². The molecule has 1 atom stereocenters. The lowest BCUT2D eigenvalue weighted by atomic mass is 9.80. The Morgan fingerprint density at radius 3 is 2.49 bits per heavy atom. The standard InChI is InChI=1S/C27H26F2N2O3S/c1-26(2,3)13-32-18-5-7-23-21(12-18)27(14-33-25(30)31-27)20-11-15(4-6-22(20)34-23)16-8-17(24(28)29)10-19(35)9-16/h4-9,11-12,24H,10,13-14H2,1-3H3,(H2,30,31)/t27-/m0/s1. The zero-order chi connectivity index (χ0) is 25.0. The largest absolute Gasteiger partial charge is 0.493 e. The molecule has 2 aromatic carbocycles. The molecule has 0 unspecified atom stereocenters. The molecule has 0 saturated heterocycles. The predicted molar refractivity (Wildman–Crippen MR) is 136 cm³/mol. The molecule has 2 aliphatic heterocycles. The van der Waals surface area contributed by atoms with E-state index in [-0.39, 0.29) is 30.0 Å². The fraction of sp³-hybridized carbons (Fsp3) is 0.333. The molecule has 182 valence electrons. The number of amidine groups is 1. The van der Waals surface area contributed by atoms with Crippen LogP contribution in [0.4, 0.5) is 8.78 Å². The van der Waals surface area contributed by atoms with Crippen LogP contribution in [-0.2, 0) is 10.3 Å². The summed E-state index contributed by atoms with van der Waals surface area (Å²) in [5.41, 5.74) is 7.90. The highest BCUT2D eigenvalue weighted by molar-refractivity contribution is 7.80. The van der Waals surface area contributed by atoms with Gasteiger partial charge in [-0.2, -0.15) is 0 Å². The van der Waals surface area contributed by atoms with Crippen molar-refractivity contribution in [3.05, 3.63) is 70.8 Å². The van der Waals surface area contributed by atoms with Gasteiger partial charge in [-0.3, -0.25) is 0 Å². The topological polar surface area (TPSA) is 66.1 Å². The fourth-order valence-electron chi connectivity index (χ4n) is 4.43. The zero-order valence-corrected chi connectivity index (χ0v) is 20.5. The van der Waals surface area contributed by atoms with Crippen molar-refractivity contribution in [3.8, 4) is 17.2 Å². The number of aliphatic imine (C=N–C) groups is 1. The van der Waals surface area contributed by atoms with Crippen molar-refractivity contribution in [1.82, 2.24) is 0 Å². The molecular formula is C27H26F2N2O3S. The quantitative estimate of drug-likeness (QED) is 0.514. The van der Waals surface area contributed by atoms with Crippen LogP contribution in [0.5, 0.6) is 17.2 Å². The van der Waals surface area contributed by atoms with Crippen molar-refractivity contribution in [1.29, 1.82) is 0 Å². The molecule has 2 aromatic rings. The molecule has 0 aromatic heterocycles. The molecule has 2 heterocycles. The average Bonchev–Trinajstić information content (AvgIpc) is 3.19. The van der Waals surface area contributed by atoms with Crippen LogP contribution >= 0.6 is 12.2 Å². The number of allylic oxidation sites excluding steroid dienone is 4. The number of ether oxygens (including phenoxy) is 3. The van der Waals surface area contributed by atoms with Gasteiger partial charge < -0.3 is 19.9 Å². The molecule has 0 fully saturated rings. The van der Waals surface area contributed by atoms with Crippen molar-refractivity contribution in [3.63, 3.8) is 0 Å². The lowest BCUT2D eigenvalue weighted by molar-refractivity contribution is 0.188. The van der Waals surface area contributed by atoms with E-state index in [1.54, 1.807) is 6.08 Å². The van der Waals surface area contributed by atoms with E-state index < -0.39 is 12.0 Å². The minimum absolute atomic E-state index is 0.00799. The zero-order valence-electron chi connectivity index (χ0n) is 19.7. The minimum Gasteiger partial charge on any atom is -0.493 e. The van der Waals surface area contributed by atoms with Gasteiger partial charge in [0.15, 0.2) is 5.54 Å². The SMILES string of the molecule is CC(C)(C)COc1ccc2c(c1)[C@]1(COC(N)=N1)c1cc(C3=CC(=S)CC(C(F)F)=C3)ccc1O2. The monoisotopic (exact) mass is 496 g/mol. The summed E-state index contributed by atoms with van der Waals surface area (Å²) in [6.45, 7) is 7.02. The van der Waals surface area contributed by atoms with Crippen LogP contribution in [0.3, 0.4) is 0 Å². The molecule has 35 heavy (non-hydrogen) atoms. The molecule has 0 amide bonds. The van der Waals surface area contributed by atoms with Crippen LogP contribution in [0.2, 0.25) is 0 Å². The van der Waals surface area contributed by atoms with Crippen molar-refractivity contribution in [2.45, 2.75) is 39.2 Å². The van der Waals surface area contributed by atoms with Crippen LogP contribution in [0.1, 0.15) is 43.9 Å². The molecule has 0 saturated carbocycles. The van der Waals surface area contributed by atoms with Crippen molar-refractivity contribution < 1.29 is 23.0 Å². The lowest BCUT2D eigenvalue weighted by Crippen LogP contribution is -2.31. The van der Waals surface area contributed by atoms with Gasteiger partial charge in [-0.1, -0.05) is 39.1 Å². The molecule has 2 N–H and O–H groups in total. The first-order valence-electron chi connectivity index (χ1n) is 11.4. The first-order valence-corrected chi connectivity index (χ1v) is 11.8. The highest BCUT2D eigenvalue weighted by Gasteiger charge is 2.47. The number of rotatable bonds is 4. The van der Waals surface area contributed by atoms with Gasteiger partial charge in [0.05, 0.1) is 6.61 Å². The Hall–Kier alpha value is -3.26. The summed E-state index contributed by atoms with van der Waals surface area (Å²) in [6, 6.07) is 11.3. The van der Waals surface area contributed by atoms with E-state index in [2.05, 4.69) is 20.8 Å². The normalized spacial score (nSPS) is 21.0. The maximum atomic E-state index is 13.4. The molecule has 3 aliphatic rings. The summed E-state index contributed by atoms with van der Waals surface area (Å²) < 4.78 is 44.8. The number of nitrogens with two attached hydrogens (primary N) is 1. The first kappa shape index (κ1) is 23.5. The Bertz CT molecular complexity index is 1310. The Balaban J connectivity index is 1.61. The summed E-state index contributed by atoms with van der Waals surface area (Å²) in [4.78, 5) is 5.18. The predicted octanol–water partition coefficient (Wildman–Crippen LogP) is 6.15. The first-order chi connectivity index (χ1) is 16.5. The Morgan fingerprint density at radius 1 is 1.11 bits per heavy atom. The number of alkyl halides is 2. The number of hydrogen-bond acceptors (Lipinski definition) is 6. The summed E-state index contributed by atoms with van der Waals surface area (Å²) in [7, 11) is 0. The maximum absolute atomic E-state index is 13.4. The van der Waals surface area contributed by atoms with Gasteiger partial charge in [-0.25, -0.2) is 13.8 Å².